The molecule has 0 saturated heterocycles. The van der Waals surface area contributed by atoms with Gasteiger partial charge in [0.1, 0.15) is 5.65 Å². The number of fused-ring (bicyclic) bond motifs is 1. The van der Waals surface area contributed by atoms with E-state index in [1.807, 2.05) is 28.9 Å². The highest BCUT2D eigenvalue weighted by Crippen LogP contribution is 2.12. The highest BCUT2D eigenvalue weighted by Gasteiger charge is 2.03. The van der Waals surface area contributed by atoms with Crippen LogP contribution < -0.4 is 11.1 Å². The fourth-order valence-corrected chi connectivity index (χ4v) is 1.83. The van der Waals surface area contributed by atoms with Crippen LogP contribution in [0.5, 0.6) is 0 Å². The minimum atomic E-state index is 0.323. The number of imidazole rings is 1. The normalized spacial score (nSPS) is 13.7. The fraction of sp³-hybridized carbons (Fsp3) is 0.385. The van der Waals surface area contributed by atoms with Gasteiger partial charge in [-0.05, 0) is 25.5 Å². The Bertz CT molecular complexity index is 590. The number of hydrogen-bond acceptors (Lipinski definition) is 2. The Morgan fingerprint density at radius 2 is 2.32 bits per heavy atom. The first-order valence-corrected chi connectivity index (χ1v) is 6.66. The number of hydrogen-bond donors (Lipinski definition) is 2. The second-order valence-electron chi connectivity index (χ2n) is 4.50. The van der Waals surface area contributed by atoms with E-state index >= 15 is 0 Å². The minimum absolute atomic E-state index is 0.323. The van der Waals surface area contributed by atoms with Crippen LogP contribution in [0.4, 0.5) is 0 Å². The average molecular weight is 280 g/mol. The van der Waals surface area contributed by atoms with Gasteiger partial charge in [-0.3, -0.25) is 0 Å². The zero-order valence-corrected chi connectivity index (χ0v) is 11.9. The summed E-state index contributed by atoms with van der Waals surface area (Å²) < 4.78 is 1.88. The largest absolute Gasteiger partial charge is 0.370 e. The monoisotopic (exact) mass is 279 g/mol. The van der Waals surface area contributed by atoms with E-state index in [1.165, 1.54) is 0 Å². The van der Waals surface area contributed by atoms with Gasteiger partial charge in [-0.2, -0.15) is 0 Å². The number of nitrogens with zero attached hydrogens (tertiary/aromatic N) is 3. The number of rotatable bonds is 4. The smallest absolute Gasteiger partial charge is 0.189 e. The Morgan fingerprint density at radius 1 is 1.53 bits per heavy atom. The van der Waals surface area contributed by atoms with Crippen molar-refractivity contribution < 1.29 is 0 Å². The number of aromatic nitrogens is 2. The second-order valence-corrected chi connectivity index (χ2v) is 4.94. The highest BCUT2D eigenvalue weighted by atomic mass is 35.5. The fourth-order valence-electron chi connectivity index (χ4n) is 1.66. The van der Waals surface area contributed by atoms with Crippen molar-refractivity contribution in [2.24, 2.45) is 10.7 Å². The van der Waals surface area contributed by atoms with Crippen LogP contribution in [0.1, 0.15) is 26.0 Å². The maximum absolute atomic E-state index is 5.92. The number of guanidine groups is 1. The van der Waals surface area contributed by atoms with Gasteiger partial charge in [0.2, 0.25) is 0 Å². The molecule has 0 spiro atoms. The van der Waals surface area contributed by atoms with Gasteiger partial charge in [-0.15, -0.1) is 0 Å². The van der Waals surface area contributed by atoms with Crippen molar-refractivity contribution in [1.82, 2.24) is 14.7 Å². The molecule has 0 bridgehead atoms. The molecule has 0 saturated carbocycles. The van der Waals surface area contributed by atoms with Crippen LogP contribution in [0.15, 0.2) is 29.5 Å². The summed E-state index contributed by atoms with van der Waals surface area (Å²) in [6.45, 7) is 4.61. The van der Waals surface area contributed by atoms with Crippen LogP contribution in [0.3, 0.4) is 0 Å². The van der Waals surface area contributed by atoms with Gasteiger partial charge in [-0.25, -0.2) is 9.98 Å². The zero-order valence-electron chi connectivity index (χ0n) is 11.1. The van der Waals surface area contributed by atoms with Crippen LogP contribution in [0.25, 0.3) is 5.65 Å². The maximum Gasteiger partial charge on any atom is 0.189 e. The number of halogens is 1. The lowest BCUT2D eigenvalue weighted by Crippen LogP contribution is -2.38. The van der Waals surface area contributed by atoms with Crippen molar-refractivity contribution in [3.63, 3.8) is 0 Å². The summed E-state index contributed by atoms with van der Waals surface area (Å²) in [5.41, 5.74) is 7.51. The summed E-state index contributed by atoms with van der Waals surface area (Å²) in [6.07, 6.45) is 4.72. The van der Waals surface area contributed by atoms with Crippen molar-refractivity contribution in [2.45, 2.75) is 32.9 Å². The van der Waals surface area contributed by atoms with E-state index in [0.717, 1.165) is 17.8 Å². The lowest BCUT2D eigenvalue weighted by atomic mass is 10.3. The summed E-state index contributed by atoms with van der Waals surface area (Å²) in [4.78, 5) is 8.71. The van der Waals surface area contributed by atoms with Gasteiger partial charge in [0, 0.05) is 18.4 Å². The third-order valence-electron chi connectivity index (χ3n) is 2.88. The molecule has 1 atom stereocenters. The Morgan fingerprint density at radius 3 is 3.05 bits per heavy atom. The standard InChI is InChI=1S/C13H18ClN5/c1-3-9(2)17-13(15)16-6-11-8-19-7-10(14)4-5-12(19)18-11/h4-5,7-9H,3,6H2,1-2H3,(H3,15,16,17). The van der Waals surface area contributed by atoms with E-state index in [1.54, 1.807) is 0 Å². The van der Waals surface area contributed by atoms with Crippen molar-refractivity contribution in [1.29, 1.82) is 0 Å². The third-order valence-corrected chi connectivity index (χ3v) is 3.11. The molecule has 0 radical (unpaired) electrons. The molecular weight excluding hydrogens is 262 g/mol. The molecule has 6 heteroatoms. The predicted octanol–water partition coefficient (Wildman–Crippen LogP) is 2.19. The van der Waals surface area contributed by atoms with Gasteiger partial charge in [0.25, 0.3) is 0 Å². The lowest BCUT2D eigenvalue weighted by molar-refractivity contribution is 0.636. The van der Waals surface area contributed by atoms with Gasteiger partial charge >= 0.3 is 0 Å². The first kappa shape index (κ1) is 13.7. The van der Waals surface area contributed by atoms with Crippen molar-refractivity contribution >= 4 is 23.2 Å². The van der Waals surface area contributed by atoms with Gasteiger partial charge in [0.05, 0.1) is 17.3 Å². The van der Waals surface area contributed by atoms with Crippen molar-refractivity contribution in [3.05, 3.63) is 35.2 Å². The minimum Gasteiger partial charge on any atom is -0.370 e. The summed E-state index contributed by atoms with van der Waals surface area (Å²) in [7, 11) is 0. The Balaban J connectivity index is 2.07. The molecule has 3 N–H and O–H groups in total. The van der Waals surface area contributed by atoms with E-state index in [2.05, 4.69) is 29.1 Å². The maximum atomic E-state index is 5.92. The third kappa shape index (κ3) is 3.61. The molecule has 19 heavy (non-hydrogen) atoms. The first-order chi connectivity index (χ1) is 9.08. The molecule has 0 aliphatic heterocycles. The molecule has 0 amide bonds. The number of pyridine rings is 1. The quantitative estimate of drug-likeness (QED) is 0.666. The predicted molar refractivity (Wildman–Crippen MR) is 78.4 cm³/mol. The number of nitrogens with two attached hydrogens (primary N) is 1. The van der Waals surface area contributed by atoms with Crippen LogP contribution in [0, 0.1) is 0 Å². The van der Waals surface area contributed by atoms with Crippen LogP contribution >= 0.6 is 11.6 Å². The molecule has 0 aliphatic rings. The van der Waals surface area contributed by atoms with Crippen LogP contribution in [-0.4, -0.2) is 21.4 Å². The SMILES string of the molecule is CCC(C)NC(N)=NCc1cn2cc(Cl)ccc2n1. The van der Waals surface area contributed by atoms with Crippen molar-refractivity contribution in [2.75, 3.05) is 0 Å². The average Bonchev–Trinajstić information content (AvgIpc) is 2.78. The number of nitrogens with one attached hydrogen (secondary N) is 1. The van der Waals surface area contributed by atoms with E-state index in [0.29, 0.717) is 23.6 Å². The molecule has 0 aliphatic carbocycles. The molecule has 2 rings (SSSR count). The number of aliphatic imine (C=N–C) groups is 1. The summed E-state index contributed by atoms with van der Waals surface area (Å²) in [5, 5.41) is 3.79. The van der Waals surface area contributed by atoms with E-state index in [4.69, 9.17) is 17.3 Å². The summed E-state index contributed by atoms with van der Waals surface area (Å²) in [5.74, 6) is 0.449. The molecule has 0 fully saturated rings. The Kier molecular flexibility index (Phi) is 4.27. The summed E-state index contributed by atoms with van der Waals surface area (Å²) >= 11 is 5.92. The molecule has 102 valence electrons. The molecule has 2 heterocycles. The molecular formula is C13H18ClN5. The van der Waals surface area contributed by atoms with Gasteiger partial charge in [-0.1, -0.05) is 18.5 Å². The molecule has 1 unspecified atom stereocenters. The van der Waals surface area contributed by atoms with Crippen molar-refractivity contribution in [3.8, 4) is 0 Å². The second kappa shape index (κ2) is 5.93. The Labute approximate surface area is 117 Å². The molecule has 0 aromatic carbocycles. The van der Waals surface area contributed by atoms with Crippen LogP contribution in [0.2, 0.25) is 5.02 Å². The lowest BCUT2D eigenvalue weighted by Gasteiger charge is -2.11. The zero-order chi connectivity index (χ0) is 13.8. The topological polar surface area (TPSA) is 67.7 Å². The van der Waals surface area contributed by atoms with Crippen LogP contribution in [-0.2, 0) is 6.54 Å². The highest BCUT2D eigenvalue weighted by molar-refractivity contribution is 6.30. The van der Waals surface area contributed by atoms with E-state index in [9.17, 15) is 0 Å². The molecule has 2 aromatic heterocycles. The first-order valence-electron chi connectivity index (χ1n) is 6.28. The van der Waals surface area contributed by atoms with Gasteiger partial charge in [0.15, 0.2) is 5.96 Å². The van der Waals surface area contributed by atoms with Gasteiger partial charge < -0.3 is 15.5 Å². The Hall–Kier alpha value is -1.75. The van der Waals surface area contributed by atoms with E-state index < -0.39 is 0 Å². The molecule has 5 nitrogen and oxygen atoms in total. The molecule has 2 aromatic rings. The van der Waals surface area contributed by atoms with E-state index in [-0.39, 0.29) is 0 Å². The summed E-state index contributed by atoms with van der Waals surface area (Å²) in [6, 6.07) is 4.01.